The standard InChI is InChI=1S/C20H27N5O2S/c1-5-11-24(13-18(26)21-17-10-8-7-9-15(17)3)19(27)14-28-20-23-22-16(4)25(20)12-6-2/h6-10H,2,5,11-14H2,1,3-4H3,(H,21,26). The number of aryl methyl sites for hydroxylation is 2. The first-order valence-electron chi connectivity index (χ1n) is 9.23. The van der Waals surface area contributed by atoms with E-state index in [1.165, 1.54) is 11.8 Å². The van der Waals surface area contributed by atoms with Gasteiger partial charge in [-0.25, -0.2) is 0 Å². The molecule has 0 bridgehead atoms. The molecule has 0 spiro atoms. The number of aromatic nitrogens is 3. The van der Waals surface area contributed by atoms with E-state index in [2.05, 4.69) is 22.1 Å². The second-order valence-corrected chi connectivity index (χ2v) is 7.34. The third-order valence-corrected chi connectivity index (χ3v) is 5.09. The lowest BCUT2D eigenvalue weighted by Crippen LogP contribution is -2.39. The first-order valence-corrected chi connectivity index (χ1v) is 10.2. The van der Waals surface area contributed by atoms with E-state index in [0.29, 0.717) is 18.2 Å². The van der Waals surface area contributed by atoms with Gasteiger partial charge in [-0.15, -0.1) is 16.8 Å². The minimum Gasteiger partial charge on any atom is -0.333 e. The first-order chi connectivity index (χ1) is 13.5. The summed E-state index contributed by atoms with van der Waals surface area (Å²) in [5.41, 5.74) is 1.75. The molecule has 1 aromatic heterocycles. The normalized spacial score (nSPS) is 10.5. The predicted octanol–water partition coefficient (Wildman–Crippen LogP) is 3.05. The maximum absolute atomic E-state index is 12.7. The molecule has 2 rings (SSSR count). The number of carbonyl (C=O) groups excluding carboxylic acids is 2. The van der Waals surface area contributed by atoms with Crippen molar-refractivity contribution in [3.63, 3.8) is 0 Å². The summed E-state index contributed by atoms with van der Waals surface area (Å²) < 4.78 is 1.90. The van der Waals surface area contributed by atoms with Crippen LogP contribution in [0.15, 0.2) is 42.1 Å². The van der Waals surface area contributed by atoms with Gasteiger partial charge in [-0.05, 0) is 31.9 Å². The Morgan fingerprint density at radius 3 is 2.71 bits per heavy atom. The molecule has 0 aliphatic rings. The molecule has 1 N–H and O–H groups in total. The highest BCUT2D eigenvalue weighted by Crippen LogP contribution is 2.18. The zero-order valence-electron chi connectivity index (χ0n) is 16.6. The van der Waals surface area contributed by atoms with Crippen LogP contribution in [0.25, 0.3) is 0 Å². The fourth-order valence-corrected chi connectivity index (χ4v) is 3.56. The number of allylic oxidation sites excluding steroid dienone is 1. The summed E-state index contributed by atoms with van der Waals surface area (Å²) >= 11 is 1.32. The first kappa shape index (κ1) is 21.7. The fourth-order valence-electron chi connectivity index (χ4n) is 2.66. The van der Waals surface area contributed by atoms with Crippen LogP contribution in [0.4, 0.5) is 5.69 Å². The molecule has 1 aromatic carbocycles. The Labute approximate surface area is 170 Å². The van der Waals surface area contributed by atoms with Gasteiger partial charge in [0.1, 0.15) is 5.82 Å². The summed E-state index contributed by atoms with van der Waals surface area (Å²) in [6.45, 7) is 10.7. The quantitative estimate of drug-likeness (QED) is 0.489. The number of anilines is 1. The van der Waals surface area contributed by atoms with Gasteiger partial charge >= 0.3 is 0 Å². The fraction of sp³-hybridized carbons (Fsp3) is 0.400. The highest BCUT2D eigenvalue weighted by Gasteiger charge is 2.19. The molecule has 1 heterocycles. The van der Waals surface area contributed by atoms with E-state index in [-0.39, 0.29) is 24.1 Å². The molecular weight excluding hydrogens is 374 g/mol. The molecule has 0 radical (unpaired) electrons. The number of benzene rings is 1. The number of hydrogen-bond donors (Lipinski definition) is 1. The predicted molar refractivity (Wildman–Crippen MR) is 112 cm³/mol. The molecule has 0 unspecified atom stereocenters. The zero-order chi connectivity index (χ0) is 20.5. The highest BCUT2D eigenvalue weighted by atomic mass is 32.2. The van der Waals surface area contributed by atoms with Gasteiger partial charge in [0.25, 0.3) is 0 Å². The Kier molecular flexibility index (Phi) is 8.25. The summed E-state index contributed by atoms with van der Waals surface area (Å²) in [7, 11) is 0. The van der Waals surface area contributed by atoms with Gasteiger partial charge in [-0.1, -0.05) is 43.0 Å². The van der Waals surface area contributed by atoms with E-state index >= 15 is 0 Å². The molecule has 0 saturated heterocycles. The third-order valence-electron chi connectivity index (χ3n) is 4.14. The molecule has 0 atom stereocenters. The van der Waals surface area contributed by atoms with Crippen LogP contribution >= 0.6 is 11.8 Å². The van der Waals surface area contributed by atoms with Crippen LogP contribution in [0.2, 0.25) is 0 Å². The lowest BCUT2D eigenvalue weighted by molar-refractivity contribution is -0.132. The van der Waals surface area contributed by atoms with E-state index in [1.807, 2.05) is 49.6 Å². The van der Waals surface area contributed by atoms with E-state index in [1.54, 1.807) is 11.0 Å². The van der Waals surface area contributed by atoms with Gasteiger partial charge in [0, 0.05) is 18.8 Å². The molecule has 2 aromatic rings. The van der Waals surface area contributed by atoms with Crippen LogP contribution in [-0.2, 0) is 16.1 Å². The average Bonchev–Trinajstić information content (AvgIpc) is 3.01. The summed E-state index contributed by atoms with van der Waals surface area (Å²) in [5, 5.41) is 11.7. The Hall–Kier alpha value is -2.61. The SMILES string of the molecule is C=CCn1c(C)nnc1SCC(=O)N(CCC)CC(=O)Nc1ccccc1C. The summed E-state index contributed by atoms with van der Waals surface area (Å²) in [5.74, 6) is 0.676. The molecular formula is C20H27N5O2S. The molecule has 0 saturated carbocycles. The number of rotatable bonds is 10. The number of nitrogens with one attached hydrogen (secondary N) is 1. The van der Waals surface area contributed by atoms with Crippen molar-refractivity contribution in [2.24, 2.45) is 0 Å². The number of thioether (sulfide) groups is 1. The van der Waals surface area contributed by atoms with Gasteiger partial charge in [-0.3, -0.25) is 9.59 Å². The van der Waals surface area contributed by atoms with Crippen molar-refractivity contribution in [3.8, 4) is 0 Å². The maximum Gasteiger partial charge on any atom is 0.244 e. The third kappa shape index (κ3) is 5.95. The van der Waals surface area contributed by atoms with E-state index in [0.717, 1.165) is 23.5 Å². The van der Waals surface area contributed by atoms with Gasteiger partial charge in [0.15, 0.2) is 5.16 Å². The Morgan fingerprint density at radius 1 is 1.29 bits per heavy atom. The lowest BCUT2D eigenvalue weighted by atomic mass is 10.2. The Morgan fingerprint density at radius 2 is 2.04 bits per heavy atom. The van der Waals surface area contributed by atoms with Crippen LogP contribution in [-0.4, -0.2) is 50.3 Å². The van der Waals surface area contributed by atoms with Crippen molar-refractivity contribution in [2.45, 2.75) is 38.9 Å². The topological polar surface area (TPSA) is 80.1 Å². The van der Waals surface area contributed by atoms with E-state index in [4.69, 9.17) is 0 Å². The van der Waals surface area contributed by atoms with Crippen LogP contribution < -0.4 is 5.32 Å². The minimum atomic E-state index is -0.202. The second-order valence-electron chi connectivity index (χ2n) is 6.40. The highest BCUT2D eigenvalue weighted by molar-refractivity contribution is 7.99. The molecule has 0 aliphatic carbocycles. The van der Waals surface area contributed by atoms with Crippen molar-refractivity contribution in [2.75, 3.05) is 24.2 Å². The summed E-state index contributed by atoms with van der Waals surface area (Å²) in [6, 6.07) is 7.57. The van der Waals surface area contributed by atoms with Gasteiger partial charge in [0.2, 0.25) is 11.8 Å². The number of hydrogen-bond acceptors (Lipinski definition) is 5. The Bertz CT molecular complexity index is 834. The van der Waals surface area contributed by atoms with Crippen LogP contribution in [0.5, 0.6) is 0 Å². The average molecular weight is 402 g/mol. The summed E-state index contributed by atoms with van der Waals surface area (Å²) in [4.78, 5) is 26.7. The van der Waals surface area contributed by atoms with Crippen molar-refractivity contribution in [1.82, 2.24) is 19.7 Å². The Balaban J connectivity index is 1.96. The van der Waals surface area contributed by atoms with Crippen LogP contribution in [0.3, 0.4) is 0 Å². The van der Waals surface area contributed by atoms with Gasteiger partial charge in [0.05, 0.1) is 12.3 Å². The molecule has 2 amide bonds. The summed E-state index contributed by atoms with van der Waals surface area (Å²) in [6.07, 6.45) is 2.54. The van der Waals surface area contributed by atoms with Gasteiger partial charge in [-0.2, -0.15) is 0 Å². The number of para-hydroxylation sites is 1. The molecule has 0 aliphatic heterocycles. The van der Waals surface area contributed by atoms with Crippen molar-refractivity contribution >= 4 is 29.3 Å². The van der Waals surface area contributed by atoms with Crippen molar-refractivity contribution in [1.29, 1.82) is 0 Å². The molecule has 0 fully saturated rings. The second kappa shape index (κ2) is 10.7. The molecule has 8 heteroatoms. The lowest BCUT2D eigenvalue weighted by Gasteiger charge is -2.21. The van der Waals surface area contributed by atoms with Crippen LogP contribution in [0, 0.1) is 13.8 Å². The number of nitrogens with zero attached hydrogens (tertiary/aromatic N) is 4. The smallest absolute Gasteiger partial charge is 0.244 e. The van der Waals surface area contributed by atoms with Gasteiger partial charge < -0.3 is 14.8 Å². The molecule has 7 nitrogen and oxygen atoms in total. The maximum atomic E-state index is 12.7. The van der Waals surface area contributed by atoms with E-state index in [9.17, 15) is 9.59 Å². The number of amides is 2. The zero-order valence-corrected chi connectivity index (χ0v) is 17.5. The van der Waals surface area contributed by atoms with Crippen molar-refractivity contribution in [3.05, 3.63) is 48.3 Å². The van der Waals surface area contributed by atoms with Crippen molar-refractivity contribution < 1.29 is 9.59 Å². The van der Waals surface area contributed by atoms with E-state index < -0.39 is 0 Å². The van der Waals surface area contributed by atoms with Crippen LogP contribution in [0.1, 0.15) is 24.7 Å². The largest absolute Gasteiger partial charge is 0.333 e. The molecule has 150 valence electrons. The monoisotopic (exact) mass is 401 g/mol. The number of carbonyl (C=O) groups is 2. The molecule has 28 heavy (non-hydrogen) atoms. The minimum absolute atomic E-state index is 0.0277.